The molecule has 2 N–H and O–H groups in total. The van der Waals surface area contributed by atoms with Gasteiger partial charge in [0, 0.05) is 18.5 Å². The molecule has 1 aliphatic rings. The molecule has 0 unspecified atom stereocenters. The molecule has 4 nitrogen and oxygen atoms in total. The maximum atomic E-state index is 11.7. The van der Waals surface area contributed by atoms with Crippen molar-refractivity contribution in [3.63, 3.8) is 0 Å². The molecule has 0 aliphatic heterocycles. The summed E-state index contributed by atoms with van der Waals surface area (Å²) < 4.78 is 6.89. The second kappa shape index (κ2) is 3.99. The summed E-state index contributed by atoms with van der Waals surface area (Å²) in [7, 11) is 0. The summed E-state index contributed by atoms with van der Waals surface area (Å²) in [6, 6.07) is 6.03. The van der Waals surface area contributed by atoms with Gasteiger partial charge in [0.05, 0.1) is 5.52 Å². The topological polar surface area (TPSA) is 61.2 Å². The van der Waals surface area contributed by atoms with E-state index in [0.717, 1.165) is 18.4 Å². The Labute approximate surface area is 105 Å². The fourth-order valence-electron chi connectivity index (χ4n) is 2.91. The average molecular weight is 246 g/mol. The average Bonchev–Trinajstić information content (AvgIpc) is 2.63. The molecule has 1 heterocycles. The third kappa shape index (κ3) is 1.45. The van der Waals surface area contributed by atoms with Crippen molar-refractivity contribution in [2.75, 3.05) is 6.54 Å². The lowest BCUT2D eigenvalue weighted by molar-refractivity contribution is 0.253. The summed E-state index contributed by atoms with van der Waals surface area (Å²) >= 11 is 0. The van der Waals surface area contributed by atoms with E-state index in [4.69, 9.17) is 10.2 Å². The summed E-state index contributed by atoms with van der Waals surface area (Å²) in [5.41, 5.74) is 8.85. The molecule has 4 heteroatoms. The highest BCUT2D eigenvalue weighted by molar-refractivity contribution is 5.74. The van der Waals surface area contributed by atoms with Crippen LogP contribution in [0.25, 0.3) is 11.1 Å². The molecule has 0 radical (unpaired) electrons. The van der Waals surface area contributed by atoms with Crippen LogP contribution in [-0.4, -0.2) is 11.1 Å². The fraction of sp³-hybridized carbons (Fsp3) is 0.500. The molecular formula is C14H18N2O2. The molecule has 0 atom stereocenters. The lowest BCUT2D eigenvalue weighted by Gasteiger charge is -2.41. The smallest absolute Gasteiger partial charge is 0.408 e. The highest BCUT2D eigenvalue weighted by atomic mass is 16.4. The Hall–Kier alpha value is -1.55. The monoisotopic (exact) mass is 246 g/mol. The van der Waals surface area contributed by atoms with Crippen molar-refractivity contribution in [1.82, 2.24) is 4.57 Å². The molecule has 0 saturated heterocycles. The Morgan fingerprint density at radius 3 is 2.78 bits per heavy atom. The van der Waals surface area contributed by atoms with E-state index in [0.29, 0.717) is 18.7 Å². The first kappa shape index (κ1) is 11.5. The predicted octanol–water partition coefficient (Wildman–Crippen LogP) is 1.99. The lowest BCUT2D eigenvalue weighted by Crippen LogP contribution is -2.41. The Morgan fingerprint density at radius 2 is 2.22 bits per heavy atom. The van der Waals surface area contributed by atoms with Gasteiger partial charge < -0.3 is 10.2 Å². The van der Waals surface area contributed by atoms with Gasteiger partial charge in [-0.25, -0.2) is 4.79 Å². The first-order valence-electron chi connectivity index (χ1n) is 6.54. The number of oxazole rings is 1. The molecular weight excluding hydrogens is 228 g/mol. The maximum Gasteiger partial charge on any atom is 0.419 e. The van der Waals surface area contributed by atoms with Gasteiger partial charge in [-0.1, -0.05) is 12.5 Å². The number of fused-ring (bicyclic) bond motifs is 1. The van der Waals surface area contributed by atoms with Gasteiger partial charge in [-0.15, -0.1) is 0 Å². The van der Waals surface area contributed by atoms with Gasteiger partial charge in [-0.3, -0.25) is 4.57 Å². The van der Waals surface area contributed by atoms with Crippen molar-refractivity contribution in [2.24, 2.45) is 5.73 Å². The number of benzene rings is 1. The second-order valence-corrected chi connectivity index (χ2v) is 5.13. The summed E-state index contributed by atoms with van der Waals surface area (Å²) in [6.07, 6.45) is 3.52. The van der Waals surface area contributed by atoms with Gasteiger partial charge in [-0.2, -0.15) is 0 Å². The van der Waals surface area contributed by atoms with Gasteiger partial charge in [0.1, 0.15) is 0 Å². The van der Waals surface area contributed by atoms with Gasteiger partial charge in [-0.05, 0) is 37.5 Å². The first-order valence-corrected chi connectivity index (χ1v) is 6.54. The SMILES string of the molecule is CCn1c(=O)oc2ccc(C3(CN)CCC3)cc21. The van der Waals surface area contributed by atoms with E-state index >= 15 is 0 Å². The van der Waals surface area contributed by atoms with E-state index in [2.05, 4.69) is 12.1 Å². The van der Waals surface area contributed by atoms with Crippen molar-refractivity contribution >= 4 is 11.1 Å². The normalized spacial score (nSPS) is 17.9. The van der Waals surface area contributed by atoms with Crippen molar-refractivity contribution in [2.45, 2.75) is 38.1 Å². The van der Waals surface area contributed by atoms with Crippen LogP contribution in [-0.2, 0) is 12.0 Å². The number of hydrogen-bond acceptors (Lipinski definition) is 3. The molecule has 96 valence electrons. The lowest BCUT2D eigenvalue weighted by atomic mass is 9.64. The summed E-state index contributed by atoms with van der Waals surface area (Å²) in [5.74, 6) is -0.278. The standard InChI is InChI=1S/C14H18N2O2/c1-2-16-11-8-10(14(9-15)6-3-7-14)4-5-12(11)18-13(16)17/h4-5,8H,2-3,6-7,9,15H2,1H3. The maximum absolute atomic E-state index is 11.7. The first-order chi connectivity index (χ1) is 8.70. The Balaban J connectivity index is 2.18. The molecule has 1 saturated carbocycles. The number of nitrogens with zero attached hydrogens (tertiary/aromatic N) is 1. The minimum atomic E-state index is -0.278. The largest absolute Gasteiger partial charge is 0.419 e. The van der Waals surface area contributed by atoms with E-state index in [-0.39, 0.29) is 11.2 Å². The molecule has 0 amide bonds. The van der Waals surface area contributed by atoms with Crippen LogP contribution in [0.3, 0.4) is 0 Å². The molecule has 2 aromatic rings. The van der Waals surface area contributed by atoms with Crippen LogP contribution >= 0.6 is 0 Å². The van der Waals surface area contributed by atoms with E-state index in [1.165, 1.54) is 12.0 Å². The van der Waals surface area contributed by atoms with Gasteiger partial charge >= 0.3 is 5.76 Å². The summed E-state index contributed by atoms with van der Waals surface area (Å²) in [6.45, 7) is 3.25. The molecule has 3 rings (SSSR count). The number of aryl methyl sites for hydroxylation is 1. The second-order valence-electron chi connectivity index (χ2n) is 5.13. The highest BCUT2D eigenvalue weighted by Crippen LogP contribution is 2.43. The van der Waals surface area contributed by atoms with Crippen LogP contribution in [0.15, 0.2) is 27.4 Å². The zero-order valence-electron chi connectivity index (χ0n) is 10.6. The Morgan fingerprint density at radius 1 is 1.44 bits per heavy atom. The third-order valence-corrected chi connectivity index (χ3v) is 4.30. The minimum absolute atomic E-state index is 0.125. The molecule has 1 aromatic heterocycles. The summed E-state index contributed by atoms with van der Waals surface area (Å²) in [5, 5.41) is 0. The van der Waals surface area contributed by atoms with Crippen LogP contribution in [0.5, 0.6) is 0 Å². The molecule has 0 spiro atoms. The van der Waals surface area contributed by atoms with Crippen LogP contribution in [0.2, 0.25) is 0 Å². The van der Waals surface area contributed by atoms with Gasteiger partial charge in [0.2, 0.25) is 0 Å². The predicted molar refractivity (Wildman–Crippen MR) is 70.7 cm³/mol. The minimum Gasteiger partial charge on any atom is -0.408 e. The van der Waals surface area contributed by atoms with Crippen molar-refractivity contribution in [3.05, 3.63) is 34.3 Å². The quantitative estimate of drug-likeness (QED) is 0.901. The Kier molecular flexibility index (Phi) is 2.55. The third-order valence-electron chi connectivity index (χ3n) is 4.30. The van der Waals surface area contributed by atoms with Crippen molar-refractivity contribution in [1.29, 1.82) is 0 Å². The molecule has 1 fully saturated rings. The van der Waals surface area contributed by atoms with Crippen molar-refractivity contribution in [3.8, 4) is 0 Å². The van der Waals surface area contributed by atoms with Crippen LogP contribution in [0, 0.1) is 0 Å². The number of aromatic nitrogens is 1. The Bertz CT molecular complexity index is 629. The highest BCUT2D eigenvalue weighted by Gasteiger charge is 2.37. The molecule has 1 aliphatic carbocycles. The number of rotatable bonds is 3. The van der Waals surface area contributed by atoms with Crippen LogP contribution in [0.4, 0.5) is 0 Å². The molecule has 0 bridgehead atoms. The van der Waals surface area contributed by atoms with E-state index < -0.39 is 0 Å². The molecule has 18 heavy (non-hydrogen) atoms. The van der Waals surface area contributed by atoms with E-state index in [1.807, 2.05) is 13.0 Å². The number of nitrogens with two attached hydrogens (primary N) is 1. The molecule has 1 aromatic carbocycles. The van der Waals surface area contributed by atoms with Crippen LogP contribution in [0.1, 0.15) is 31.7 Å². The summed E-state index contributed by atoms with van der Waals surface area (Å²) in [4.78, 5) is 11.7. The fourth-order valence-corrected chi connectivity index (χ4v) is 2.91. The zero-order valence-corrected chi connectivity index (χ0v) is 10.6. The van der Waals surface area contributed by atoms with Gasteiger partial charge in [0.25, 0.3) is 0 Å². The van der Waals surface area contributed by atoms with Crippen molar-refractivity contribution < 1.29 is 4.42 Å². The zero-order chi connectivity index (χ0) is 12.8. The van der Waals surface area contributed by atoms with E-state index in [1.54, 1.807) is 4.57 Å². The number of hydrogen-bond donors (Lipinski definition) is 1. The van der Waals surface area contributed by atoms with E-state index in [9.17, 15) is 4.79 Å². The van der Waals surface area contributed by atoms with Crippen LogP contribution < -0.4 is 11.5 Å². The van der Waals surface area contributed by atoms with Gasteiger partial charge in [0.15, 0.2) is 5.58 Å².